The second kappa shape index (κ2) is 8.09. The lowest BCUT2D eigenvalue weighted by molar-refractivity contribution is 0.125. The van der Waals surface area contributed by atoms with Crippen LogP contribution in [0.3, 0.4) is 0 Å². The molecule has 3 heteroatoms. The molecule has 3 aromatic rings. The van der Waals surface area contributed by atoms with Crippen molar-refractivity contribution < 1.29 is 9.94 Å². The molecular weight excluding hydrogens is 298 g/mol. The summed E-state index contributed by atoms with van der Waals surface area (Å²) in [6, 6.07) is 28.9. The van der Waals surface area contributed by atoms with Crippen molar-refractivity contribution in [1.82, 2.24) is 0 Å². The quantitative estimate of drug-likeness (QED) is 0.543. The van der Waals surface area contributed by atoms with E-state index in [1.165, 1.54) is 0 Å². The molecule has 0 fully saturated rings. The monoisotopic (exact) mass is 317 g/mol. The molecule has 0 aromatic heterocycles. The van der Waals surface area contributed by atoms with Gasteiger partial charge in [-0.1, -0.05) is 96.2 Å². The Morgan fingerprint density at radius 3 is 1.96 bits per heavy atom. The molecule has 0 saturated heterocycles. The Balaban J connectivity index is 1.83. The Morgan fingerprint density at radius 1 is 0.792 bits per heavy atom. The summed E-state index contributed by atoms with van der Waals surface area (Å²) in [6.07, 6.45) is -0.843. The first kappa shape index (κ1) is 16.0. The van der Waals surface area contributed by atoms with E-state index in [-0.39, 0.29) is 0 Å². The largest absolute Gasteiger partial charge is 0.391 e. The second-order valence-corrected chi connectivity index (χ2v) is 5.41. The Hall–Kier alpha value is -2.91. The number of nitrogens with zero attached hydrogens (tertiary/aromatic N) is 1. The molecule has 0 heterocycles. The average Bonchev–Trinajstić information content (AvgIpc) is 2.67. The summed E-state index contributed by atoms with van der Waals surface area (Å²) >= 11 is 0. The maximum atomic E-state index is 10.7. The van der Waals surface area contributed by atoms with Crippen molar-refractivity contribution in [1.29, 1.82) is 0 Å². The summed E-state index contributed by atoms with van der Waals surface area (Å²) in [4.78, 5) is 5.51. The van der Waals surface area contributed by atoms with Crippen molar-refractivity contribution in [2.45, 2.75) is 12.7 Å². The highest BCUT2D eigenvalue weighted by Crippen LogP contribution is 2.19. The molecule has 3 nitrogen and oxygen atoms in total. The van der Waals surface area contributed by atoms with Gasteiger partial charge in [0, 0.05) is 5.56 Å². The molecule has 0 aliphatic rings. The van der Waals surface area contributed by atoms with Crippen LogP contribution in [0.1, 0.15) is 22.8 Å². The van der Waals surface area contributed by atoms with Crippen molar-refractivity contribution in [3.05, 3.63) is 108 Å². The normalized spacial score (nSPS) is 12.6. The predicted octanol–water partition coefficient (Wildman–Crippen LogP) is 4.34. The van der Waals surface area contributed by atoms with Crippen LogP contribution in [0.15, 0.2) is 96.2 Å². The SMILES string of the molecule is O[C@H](/C(=N/OCc1ccccc1)c1ccccc1)c1ccccc1. The van der Waals surface area contributed by atoms with Crippen LogP contribution >= 0.6 is 0 Å². The summed E-state index contributed by atoms with van der Waals surface area (Å²) in [5.41, 5.74) is 3.14. The first-order valence-corrected chi connectivity index (χ1v) is 7.87. The van der Waals surface area contributed by atoms with Crippen LogP contribution in [-0.4, -0.2) is 10.8 Å². The van der Waals surface area contributed by atoms with E-state index >= 15 is 0 Å². The molecule has 0 aliphatic carbocycles. The molecule has 1 N–H and O–H groups in total. The molecule has 0 radical (unpaired) electrons. The topological polar surface area (TPSA) is 41.8 Å². The molecular formula is C21H19NO2. The fourth-order valence-electron chi connectivity index (χ4n) is 2.41. The molecule has 24 heavy (non-hydrogen) atoms. The predicted molar refractivity (Wildman–Crippen MR) is 95.6 cm³/mol. The highest BCUT2D eigenvalue weighted by Gasteiger charge is 2.17. The van der Waals surface area contributed by atoms with Gasteiger partial charge >= 0.3 is 0 Å². The summed E-state index contributed by atoms with van der Waals surface area (Å²) in [7, 11) is 0. The van der Waals surface area contributed by atoms with Crippen molar-refractivity contribution in [2.24, 2.45) is 5.16 Å². The second-order valence-electron chi connectivity index (χ2n) is 5.41. The van der Waals surface area contributed by atoms with Crippen molar-refractivity contribution >= 4 is 5.71 Å². The van der Waals surface area contributed by atoms with E-state index in [2.05, 4.69) is 5.16 Å². The van der Waals surface area contributed by atoms with Crippen LogP contribution in [0.5, 0.6) is 0 Å². The van der Waals surface area contributed by atoms with Gasteiger partial charge in [-0.15, -0.1) is 0 Å². The zero-order valence-corrected chi connectivity index (χ0v) is 13.2. The molecule has 0 unspecified atom stereocenters. The van der Waals surface area contributed by atoms with Crippen LogP contribution in [0, 0.1) is 0 Å². The number of benzene rings is 3. The molecule has 0 aliphatic heterocycles. The number of aliphatic hydroxyl groups is 1. The number of hydrogen-bond donors (Lipinski definition) is 1. The van der Waals surface area contributed by atoms with Crippen molar-refractivity contribution in [3.8, 4) is 0 Å². The summed E-state index contributed by atoms with van der Waals surface area (Å²) in [6.45, 7) is 0.360. The minimum atomic E-state index is -0.843. The molecule has 3 rings (SSSR count). The Bertz CT molecular complexity index is 771. The van der Waals surface area contributed by atoms with Crippen molar-refractivity contribution in [2.75, 3.05) is 0 Å². The maximum absolute atomic E-state index is 10.7. The summed E-state index contributed by atoms with van der Waals surface area (Å²) < 4.78 is 0. The van der Waals surface area contributed by atoms with Gasteiger partial charge in [0.15, 0.2) is 0 Å². The number of oxime groups is 1. The van der Waals surface area contributed by atoms with Gasteiger partial charge in [-0.25, -0.2) is 0 Å². The average molecular weight is 317 g/mol. The number of aliphatic hydroxyl groups excluding tert-OH is 1. The van der Waals surface area contributed by atoms with Gasteiger partial charge in [-0.05, 0) is 11.1 Å². The highest BCUT2D eigenvalue weighted by molar-refractivity contribution is 6.03. The number of rotatable bonds is 6. The van der Waals surface area contributed by atoms with Gasteiger partial charge in [0.1, 0.15) is 18.4 Å². The first-order chi connectivity index (χ1) is 11.8. The van der Waals surface area contributed by atoms with Gasteiger partial charge in [0.05, 0.1) is 0 Å². The molecule has 1 atom stereocenters. The Labute approximate surface area is 141 Å². The number of hydrogen-bond acceptors (Lipinski definition) is 3. The molecule has 120 valence electrons. The van der Waals surface area contributed by atoms with Crippen molar-refractivity contribution in [3.63, 3.8) is 0 Å². The zero-order chi connectivity index (χ0) is 16.6. The third-order valence-corrected chi connectivity index (χ3v) is 3.68. The highest BCUT2D eigenvalue weighted by atomic mass is 16.6. The fraction of sp³-hybridized carbons (Fsp3) is 0.0952. The third kappa shape index (κ3) is 4.09. The maximum Gasteiger partial charge on any atom is 0.142 e. The molecule has 0 saturated carbocycles. The lowest BCUT2D eigenvalue weighted by Gasteiger charge is -2.14. The molecule has 0 bridgehead atoms. The Morgan fingerprint density at radius 2 is 1.33 bits per heavy atom. The first-order valence-electron chi connectivity index (χ1n) is 7.87. The zero-order valence-electron chi connectivity index (χ0n) is 13.2. The van der Waals surface area contributed by atoms with Gasteiger partial charge in [-0.2, -0.15) is 0 Å². The minimum absolute atomic E-state index is 0.360. The standard InChI is InChI=1S/C21H19NO2/c23-21(19-14-8-3-9-15-19)20(18-12-6-2-7-13-18)22-24-16-17-10-4-1-5-11-17/h1-15,21,23H,16H2/b22-20+/t21-/m0/s1. The van der Waals surface area contributed by atoms with E-state index in [1.54, 1.807) is 0 Å². The van der Waals surface area contributed by atoms with E-state index in [0.717, 1.165) is 16.7 Å². The lowest BCUT2D eigenvalue weighted by atomic mass is 9.99. The minimum Gasteiger partial charge on any atom is -0.391 e. The summed E-state index contributed by atoms with van der Waals surface area (Å²) in [5.74, 6) is 0. The summed E-state index contributed by atoms with van der Waals surface area (Å²) in [5, 5.41) is 15.0. The molecule has 0 amide bonds. The van der Waals surface area contributed by atoms with Gasteiger partial charge in [-0.3, -0.25) is 0 Å². The van der Waals surface area contributed by atoms with Crippen LogP contribution in [0.2, 0.25) is 0 Å². The molecule has 0 spiro atoms. The lowest BCUT2D eigenvalue weighted by Crippen LogP contribution is -2.14. The van der Waals surface area contributed by atoms with Crippen LogP contribution in [-0.2, 0) is 11.4 Å². The fourth-order valence-corrected chi connectivity index (χ4v) is 2.41. The van der Waals surface area contributed by atoms with E-state index in [9.17, 15) is 5.11 Å². The Kier molecular flexibility index (Phi) is 5.38. The van der Waals surface area contributed by atoms with Crippen LogP contribution in [0.25, 0.3) is 0 Å². The van der Waals surface area contributed by atoms with E-state index in [1.807, 2.05) is 91.0 Å². The van der Waals surface area contributed by atoms with Crippen LogP contribution < -0.4 is 0 Å². The van der Waals surface area contributed by atoms with E-state index in [4.69, 9.17) is 4.84 Å². The van der Waals surface area contributed by atoms with E-state index < -0.39 is 6.10 Å². The van der Waals surface area contributed by atoms with E-state index in [0.29, 0.717) is 12.3 Å². The van der Waals surface area contributed by atoms with Gasteiger partial charge in [0.25, 0.3) is 0 Å². The van der Waals surface area contributed by atoms with Gasteiger partial charge < -0.3 is 9.94 Å². The molecule has 3 aromatic carbocycles. The smallest absolute Gasteiger partial charge is 0.142 e. The van der Waals surface area contributed by atoms with Crippen LogP contribution in [0.4, 0.5) is 0 Å². The third-order valence-electron chi connectivity index (χ3n) is 3.68. The van der Waals surface area contributed by atoms with Gasteiger partial charge in [0.2, 0.25) is 0 Å².